The van der Waals surface area contributed by atoms with Crippen LogP contribution in [0.25, 0.3) is 0 Å². The quantitative estimate of drug-likeness (QED) is 0.870. The third-order valence-corrected chi connectivity index (χ3v) is 4.27. The van der Waals surface area contributed by atoms with E-state index in [1.54, 1.807) is 0 Å². The van der Waals surface area contributed by atoms with E-state index < -0.39 is 0 Å². The molecule has 4 nitrogen and oxygen atoms in total. The normalized spacial score (nSPS) is 14.3. The van der Waals surface area contributed by atoms with Gasteiger partial charge in [-0.3, -0.25) is 4.79 Å². The lowest BCUT2D eigenvalue weighted by atomic mass is 10.1. The number of halogens is 1. The summed E-state index contributed by atoms with van der Waals surface area (Å²) in [5.74, 6) is -0.0709. The first-order valence-corrected chi connectivity index (χ1v) is 7.68. The van der Waals surface area contributed by atoms with E-state index in [2.05, 4.69) is 29.3 Å². The van der Waals surface area contributed by atoms with Gasteiger partial charge in [-0.2, -0.15) is 0 Å². The number of hydrogen-bond donors (Lipinski definition) is 0. The van der Waals surface area contributed by atoms with E-state index in [0.717, 1.165) is 29.7 Å². The number of aryl methyl sites for hydroxylation is 1. The molecule has 6 heteroatoms. The third-order valence-electron chi connectivity index (χ3n) is 3.27. The first kappa shape index (κ1) is 13.5. The number of hydrogen-bond acceptors (Lipinski definition) is 4. The van der Waals surface area contributed by atoms with Gasteiger partial charge in [0.25, 0.3) is 5.91 Å². The van der Waals surface area contributed by atoms with E-state index in [0.29, 0.717) is 22.1 Å². The fraction of sp³-hybridized carbons (Fsp3) is 0.357. The van der Waals surface area contributed by atoms with E-state index in [4.69, 9.17) is 11.6 Å². The molecule has 20 heavy (non-hydrogen) atoms. The number of amides is 1. The van der Waals surface area contributed by atoms with E-state index in [9.17, 15) is 4.79 Å². The van der Waals surface area contributed by atoms with Crippen molar-refractivity contribution in [2.24, 2.45) is 0 Å². The highest BCUT2D eigenvalue weighted by Gasteiger charge is 2.34. The zero-order chi connectivity index (χ0) is 14.1. The van der Waals surface area contributed by atoms with Crippen LogP contribution in [0.4, 0.5) is 0 Å². The Morgan fingerprint density at radius 1 is 1.45 bits per heavy atom. The summed E-state index contributed by atoms with van der Waals surface area (Å²) in [4.78, 5) is 14.4. The highest BCUT2D eigenvalue weighted by Crippen LogP contribution is 2.30. The van der Waals surface area contributed by atoms with Crippen LogP contribution >= 0.6 is 22.9 Å². The van der Waals surface area contributed by atoms with Crippen LogP contribution < -0.4 is 0 Å². The summed E-state index contributed by atoms with van der Waals surface area (Å²) in [5, 5.41) is 7.93. The zero-order valence-corrected chi connectivity index (χ0v) is 12.6. The smallest absolute Gasteiger partial charge is 0.285 e. The molecule has 104 valence electrons. The molecule has 1 aromatic heterocycles. The second-order valence-corrected chi connectivity index (χ2v) is 6.57. The van der Waals surface area contributed by atoms with Gasteiger partial charge in [-0.15, -0.1) is 10.2 Å². The highest BCUT2D eigenvalue weighted by molar-refractivity contribution is 7.17. The summed E-state index contributed by atoms with van der Waals surface area (Å²) >= 11 is 6.89. The second kappa shape index (κ2) is 5.50. The fourth-order valence-corrected chi connectivity index (χ4v) is 2.96. The summed E-state index contributed by atoms with van der Waals surface area (Å²) in [5.41, 5.74) is 2.34. The molecule has 3 rings (SSSR count). The van der Waals surface area contributed by atoms with Gasteiger partial charge in [0.05, 0.1) is 0 Å². The minimum atomic E-state index is -0.0709. The Bertz CT molecular complexity index is 639. The van der Waals surface area contributed by atoms with Crippen molar-refractivity contribution < 1.29 is 4.79 Å². The molecule has 0 radical (unpaired) electrons. The van der Waals surface area contributed by atoms with Gasteiger partial charge in [0.15, 0.2) is 0 Å². The van der Waals surface area contributed by atoms with Gasteiger partial charge in [-0.25, -0.2) is 0 Å². The number of rotatable bonds is 4. The molecule has 1 aliphatic rings. The molecule has 2 aromatic rings. The maximum atomic E-state index is 12.5. The van der Waals surface area contributed by atoms with Crippen LogP contribution in [0.3, 0.4) is 0 Å². The molecule has 0 aliphatic heterocycles. The maximum absolute atomic E-state index is 12.5. The Balaban J connectivity index is 1.81. The lowest BCUT2D eigenvalue weighted by Crippen LogP contribution is -2.32. The van der Waals surface area contributed by atoms with E-state index in [1.807, 2.05) is 17.0 Å². The van der Waals surface area contributed by atoms with Gasteiger partial charge < -0.3 is 4.90 Å². The molecule has 1 aromatic carbocycles. The molecule has 1 saturated carbocycles. The number of carbonyl (C=O) groups excluding carboxylic acids is 1. The molecule has 0 unspecified atom stereocenters. The molecule has 1 aliphatic carbocycles. The summed E-state index contributed by atoms with van der Waals surface area (Å²) in [6, 6.07) is 8.54. The molecule has 1 fully saturated rings. The van der Waals surface area contributed by atoms with Gasteiger partial charge >= 0.3 is 0 Å². The van der Waals surface area contributed by atoms with Crippen molar-refractivity contribution in [3.8, 4) is 0 Å². The predicted molar refractivity (Wildman–Crippen MR) is 79.0 cm³/mol. The largest absolute Gasteiger partial charge is 0.329 e. The van der Waals surface area contributed by atoms with Crippen LogP contribution in [-0.2, 0) is 6.54 Å². The topological polar surface area (TPSA) is 46.1 Å². The Labute approximate surface area is 126 Å². The first-order valence-electron chi connectivity index (χ1n) is 6.49. The van der Waals surface area contributed by atoms with Crippen LogP contribution in [0.5, 0.6) is 0 Å². The lowest BCUT2D eigenvalue weighted by molar-refractivity contribution is 0.0728. The monoisotopic (exact) mass is 307 g/mol. The second-order valence-electron chi connectivity index (χ2n) is 5.01. The van der Waals surface area contributed by atoms with Crippen molar-refractivity contribution in [1.82, 2.24) is 15.1 Å². The van der Waals surface area contributed by atoms with Gasteiger partial charge in [0.1, 0.15) is 0 Å². The summed E-state index contributed by atoms with van der Waals surface area (Å²) in [6.45, 7) is 2.67. The Hall–Kier alpha value is -1.46. The molecule has 0 saturated heterocycles. The van der Waals surface area contributed by atoms with Crippen molar-refractivity contribution >= 4 is 28.8 Å². The van der Waals surface area contributed by atoms with Gasteiger partial charge in [0, 0.05) is 12.6 Å². The van der Waals surface area contributed by atoms with Crippen LogP contribution in [0, 0.1) is 6.92 Å². The van der Waals surface area contributed by atoms with E-state index >= 15 is 0 Å². The molecule has 0 bridgehead atoms. The Kier molecular flexibility index (Phi) is 3.72. The third kappa shape index (κ3) is 2.99. The number of aromatic nitrogens is 2. The van der Waals surface area contributed by atoms with Crippen molar-refractivity contribution in [3.63, 3.8) is 0 Å². The standard InChI is InChI=1S/C14H14ClN3OS/c1-9-3-2-4-10(7-9)8-18(11-5-6-11)13(19)12-16-17-14(15)20-12/h2-4,7,11H,5-6,8H2,1H3. The van der Waals surface area contributed by atoms with Crippen molar-refractivity contribution in [1.29, 1.82) is 0 Å². The zero-order valence-electron chi connectivity index (χ0n) is 11.0. The lowest BCUT2D eigenvalue weighted by Gasteiger charge is -2.21. The van der Waals surface area contributed by atoms with Crippen LogP contribution in [0.2, 0.25) is 4.47 Å². The van der Waals surface area contributed by atoms with Crippen LogP contribution in [0.1, 0.15) is 33.8 Å². The van der Waals surface area contributed by atoms with Crippen molar-refractivity contribution in [2.45, 2.75) is 32.4 Å². The SMILES string of the molecule is Cc1cccc(CN(C(=O)c2nnc(Cl)s2)C2CC2)c1. The van der Waals surface area contributed by atoms with Crippen LogP contribution in [0.15, 0.2) is 24.3 Å². The van der Waals surface area contributed by atoms with E-state index in [1.165, 1.54) is 5.56 Å². The van der Waals surface area contributed by atoms with Crippen LogP contribution in [-0.4, -0.2) is 27.0 Å². The number of nitrogens with zero attached hydrogens (tertiary/aromatic N) is 3. The summed E-state index contributed by atoms with van der Waals surface area (Å²) in [6.07, 6.45) is 2.12. The first-order chi connectivity index (χ1) is 9.63. The minimum absolute atomic E-state index is 0.0709. The Morgan fingerprint density at radius 2 is 2.25 bits per heavy atom. The fourth-order valence-electron chi connectivity index (χ4n) is 2.17. The minimum Gasteiger partial charge on any atom is -0.329 e. The summed E-state index contributed by atoms with van der Waals surface area (Å²) < 4.78 is 0.305. The van der Waals surface area contributed by atoms with E-state index in [-0.39, 0.29) is 5.91 Å². The highest BCUT2D eigenvalue weighted by atomic mass is 35.5. The molecular weight excluding hydrogens is 294 g/mol. The molecule has 0 spiro atoms. The molecule has 1 amide bonds. The summed E-state index contributed by atoms with van der Waals surface area (Å²) in [7, 11) is 0. The van der Waals surface area contributed by atoms with Gasteiger partial charge in [-0.1, -0.05) is 41.2 Å². The van der Waals surface area contributed by atoms with Gasteiger partial charge in [-0.05, 0) is 36.9 Å². The molecule has 0 atom stereocenters. The molecule has 1 heterocycles. The van der Waals surface area contributed by atoms with Crippen molar-refractivity contribution in [2.75, 3.05) is 0 Å². The molecule has 0 N–H and O–H groups in total. The van der Waals surface area contributed by atoms with Crippen molar-refractivity contribution in [3.05, 3.63) is 44.9 Å². The number of benzene rings is 1. The van der Waals surface area contributed by atoms with Gasteiger partial charge in [0.2, 0.25) is 9.47 Å². The predicted octanol–water partition coefficient (Wildman–Crippen LogP) is 3.30. The molecular formula is C14H14ClN3OS. The average molecular weight is 308 g/mol. The number of carbonyl (C=O) groups is 1. The average Bonchev–Trinajstić information content (AvgIpc) is 3.17. The Morgan fingerprint density at radius 3 is 2.85 bits per heavy atom. The maximum Gasteiger partial charge on any atom is 0.285 e.